The summed E-state index contributed by atoms with van der Waals surface area (Å²) >= 11 is 1.34. The highest BCUT2D eigenvalue weighted by Gasteiger charge is 2.12. The van der Waals surface area contributed by atoms with Gasteiger partial charge in [-0.05, 0) is 37.1 Å². The summed E-state index contributed by atoms with van der Waals surface area (Å²) < 4.78 is 2.19. The zero-order valence-corrected chi connectivity index (χ0v) is 12.2. The molecule has 20 heavy (non-hydrogen) atoms. The molecule has 0 fully saturated rings. The fourth-order valence-electron chi connectivity index (χ4n) is 2.53. The predicted octanol–water partition coefficient (Wildman–Crippen LogP) is 4.07. The number of hydrogen-bond donors (Lipinski definition) is 1. The fraction of sp³-hybridized carbons (Fsp3) is 0.188. The van der Waals surface area contributed by atoms with Crippen molar-refractivity contribution in [2.75, 3.05) is 0 Å². The van der Waals surface area contributed by atoms with Crippen LogP contribution >= 0.6 is 11.3 Å². The summed E-state index contributed by atoms with van der Waals surface area (Å²) in [4.78, 5) is 12.5. The molecule has 3 nitrogen and oxygen atoms in total. The molecule has 102 valence electrons. The molecule has 2 heterocycles. The second-order valence-corrected chi connectivity index (χ2v) is 6.21. The molecule has 0 saturated carbocycles. The van der Waals surface area contributed by atoms with Crippen molar-refractivity contribution >= 4 is 28.2 Å². The molecule has 0 aliphatic carbocycles. The molecular weight excluding hydrogens is 270 g/mol. The Morgan fingerprint density at radius 2 is 2.05 bits per heavy atom. The van der Waals surface area contributed by atoms with E-state index in [4.69, 9.17) is 5.11 Å². The van der Waals surface area contributed by atoms with Gasteiger partial charge in [0.15, 0.2) is 0 Å². The molecule has 4 heteroatoms. The third-order valence-corrected chi connectivity index (χ3v) is 4.64. The van der Waals surface area contributed by atoms with E-state index >= 15 is 0 Å². The van der Waals surface area contributed by atoms with Crippen molar-refractivity contribution in [2.45, 2.75) is 20.4 Å². The van der Waals surface area contributed by atoms with Crippen molar-refractivity contribution in [3.63, 3.8) is 0 Å². The van der Waals surface area contributed by atoms with Gasteiger partial charge in [-0.25, -0.2) is 4.79 Å². The summed E-state index contributed by atoms with van der Waals surface area (Å²) in [5.41, 5.74) is 3.51. The first kappa shape index (κ1) is 12.9. The molecule has 0 unspecified atom stereocenters. The number of carboxylic acids is 1. The maximum absolute atomic E-state index is 11.0. The zero-order chi connectivity index (χ0) is 14.3. The second-order valence-electron chi connectivity index (χ2n) is 4.95. The lowest BCUT2D eigenvalue weighted by Crippen LogP contribution is -1.98. The average Bonchev–Trinajstić information content (AvgIpc) is 2.93. The van der Waals surface area contributed by atoms with Gasteiger partial charge in [0.05, 0.1) is 0 Å². The SMILES string of the molecule is Cc1sc(C(=O)O)cc1Cn1cc(C)c2ccccc21. The van der Waals surface area contributed by atoms with E-state index in [0.29, 0.717) is 11.4 Å². The number of aryl methyl sites for hydroxylation is 2. The Morgan fingerprint density at radius 3 is 2.75 bits per heavy atom. The van der Waals surface area contributed by atoms with Gasteiger partial charge in [0.1, 0.15) is 4.88 Å². The van der Waals surface area contributed by atoms with Gasteiger partial charge in [-0.15, -0.1) is 11.3 Å². The first-order valence-electron chi connectivity index (χ1n) is 6.43. The van der Waals surface area contributed by atoms with Crippen molar-refractivity contribution in [3.05, 3.63) is 57.4 Å². The van der Waals surface area contributed by atoms with E-state index in [1.165, 1.54) is 27.8 Å². The quantitative estimate of drug-likeness (QED) is 0.788. The summed E-state index contributed by atoms with van der Waals surface area (Å²) in [6.07, 6.45) is 2.13. The number of nitrogens with zero attached hydrogens (tertiary/aromatic N) is 1. The van der Waals surface area contributed by atoms with E-state index in [-0.39, 0.29) is 0 Å². The second kappa shape index (κ2) is 4.80. The van der Waals surface area contributed by atoms with E-state index in [1.807, 2.05) is 19.1 Å². The lowest BCUT2D eigenvalue weighted by Gasteiger charge is -2.04. The maximum atomic E-state index is 11.0. The van der Waals surface area contributed by atoms with Gasteiger partial charge in [0.25, 0.3) is 0 Å². The van der Waals surface area contributed by atoms with Gasteiger partial charge in [0, 0.05) is 28.5 Å². The summed E-state index contributed by atoms with van der Waals surface area (Å²) in [6, 6.07) is 10.1. The molecule has 0 aliphatic rings. The minimum atomic E-state index is -0.849. The number of thiophene rings is 1. The number of para-hydroxylation sites is 1. The highest BCUT2D eigenvalue weighted by atomic mass is 32.1. The van der Waals surface area contributed by atoms with Gasteiger partial charge in [0.2, 0.25) is 0 Å². The number of rotatable bonds is 3. The van der Waals surface area contributed by atoms with E-state index in [2.05, 4.69) is 29.8 Å². The van der Waals surface area contributed by atoms with Crippen LogP contribution < -0.4 is 0 Å². The summed E-state index contributed by atoms with van der Waals surface area (Å²) in [7, 11) is 0. The molecule has 0 saturated heterocycles. The first-order chi connectivity index (χ1) is 9.56. The van der Waals surface area contributed by atoms with Crippen molar-refractivity contribution in [3.8, 4) is 0 Å². The Kier molecular flexibility index (Phi) is 3.10. The third kappa shape index (κ3) is 2.12. The van der Waals surface area contributed by atoms with E-state index < -0.39 is 5.97 Å². The molecule has 0 atom stereocenters. The summed E-state index contributed by atoms with van der Waals surface area (Å²) in [6.45, 7) is 4.79. The molecule has 1 aromatic carbocycles. The highest BCUT2D eigenvalue weighted by molar-refractivity contribution is 7.14. The molecule has 0 aliphatic heterocycles. The van der Waals surface area contributed by atoms with Crippen LogP contribution in [-0.4, -0.2) is 15.6 Å². The summed E-state index contributed by atoms with van der Waals surface area (Å²) in [5.74, 6) is -0.849. The lowest BCUT2D eigenvalue weighted by molar-refractivity contribution is 0.0702. The van der Waals surface area contributed by atoms with Crippen LogP contribution in [0, 0.1) is 13.8 Å². The smallest absolute Gasteiger partial charge is 0.345 e. The lowest BCUT2D eigenvalue weighted by atomic mass is 10.2. The monoisotopic (exact) mass is 285 g/mol. The van der Waals surface area contributed by atoms with E-state index in [9.17, 15) is 4.79 Å². The number of aromatic carboxylic acids is 1. The zero-order valence-electron chi connectivity index (χ0n) is 11.4. The van der Waals surface area contributed by atoms with Crippen LogP contribution in [0.2, 0.25) is 0 Å². The van der Waals surface area contributed by atoms with Crippen LogP contribution in [0.5, 0.6) is 0 Å². The minimum absolute atomic E-state index is 0.408. The first-order valence-corrected chi connectivity index (χ1v) is 7.25. The van der Waals surface area contributed by atoms with Crippen LogP contribution in [0.4, 0.5) is 0 Å². The van der Waals surface area contributed by atoms with Gasteiger partial charge < -0.3 is 9.67 Å². The molecule has 2 aromatic heterocycles. The van der Waals surface area contributed by atoms with Crippen LogP contribution in [-0.2, 0) is 6.54 Å². The van der Waals surface area contributed by atoms with Crippen molar-refractivity contribution in [1.82, 2.24) is 4.57 Å². The average molecular weight is 285 g/mol. The molecular formula is C16H15NO2S. The van der Waals surface area contributed by atoms with Crippen LogP contribution in [0.3, 0.4) is 0 Å². The Balaban J connectivity index is 2.03. The topological polar surface area (TPSA) is 42.2 Å². The standard InChI is InChI=1S/C16H15NO2S/c1-10-8-17(14-6-4-3-5-13(10)14)9-12-7-15(16(18)19)20-11(12)2/h3-8H,9H2,1-2H3,(H,18,19). The molecule has 3 aromatic rings. The van der Waals surface area contributed by atoms with Gasteiger partial charge >= 0.3 is 5.97 Å². The molecule has 0 spiro atoms. The Hall–Kier alpha value is -2.07. The third-order valence-electron chi connectivity index (χ3n) is 3.56. The number of hydrogen-bond acceptors (Lipinski definition) is 2. The molecule has 1 N–H and O–H groups in total. The largest absolute Gasteiger partial charge is 0.477 e. The van der Waals surface area contributed by atoms with Crippen molar-refractivity contribution < 1.29 is 9.90 Å². The van der Waals surface area contributed by atoms with Crippen LogP contribution in [0.15, 0.2) is 36.5 Å². The number of aromatic nitrogens is 1. The van der Waals surface area contributed by atoms with E-state index in [0.717, 1.165) is 10.4 Å². The van der Waals surface area contributed by atoms with Gasteiger partial charge in [-0.1, -0.05) is 18.2 Å². The minimum Gasteiger partial charge on any atom is -0.477 e. The maximum Gasteiger partial charge on any atom is 0.345 e. The van der Waals surface area contributed by atoms with Gasteiger partial charge in [-0.3, -0.25) is 0 Å². The fourth-order valence-corrected chi connectivity index (χ4v) is 3.40. The van der Waals surface area contributed by atoms with Crippen molar-refractivity contribution in [2.24, 2.45) is 0 Å². The molecule has 0 bridgehead atoms. The summed E-state index contributed by atoms with van der Waals surface area (Å²) in [5, 5.41) is 10.3. The van der Waals surface area contributed by atoms with E-state index in [1.54, 1.807) is 6.07 Å². The number of carboxylic acid groups (broad SMARTS) is 1. The Bertz CT molecular complexity index is 798. The van der Waals surface area contributed by atoms with Gasteiger partial charge in [-0.2, -0.15) is 0 Å². The predicted molar refractivity (Wildman–Crippen MR) is 81.8 cm³/mol. The number of carbonyl (C=O) groups is 1. The Morgan fingerprint density at radius 1 is 1.30 bits per heavy atom. The molecule has 0 radical (unpaired) electrons. The van der Waals surface area contributed by atoms with Crippen LogP contribution in [0.1, 0.15) is 25.7 Å². The van der Waals surface area contributed by atoms with Crippen molar-refractivity contribution in [1.29, 1.82) is 0 Å². The molecule has 0 amide bonds. The number of benzene rings is 1. The molecule has 3 rings (SSSR count). The Labute approximate surface area is 121 Å². The van der Waals surface area contributed by atoms with Crippen LogP contribution in [0.25, 0.3) is 10.9 Å². The highest BCUT2D eigenvalue weighted by Crippen LogP contribution is 2.26. The normalized spacial score (nSPS) is 11.1. The number of fused-ring (bicyclic) bond motifs is 1.